The lowest BCUT2D eigenvalue weighted by atomic mass is 10.2. The minimum atomic E-state index is -3.09. The smallest absolute Gasteiger partial charge is 0.312 e. The van der Waals surface area contributed by atoms with Gasteiger partial charge in [0, 0.05) is 12.6 Å². The van der Waals surface area contributed by atoms with Gasteiger partial charge in [-0.05, 0) is 26.7 Å². The molecule has 0 saturated carbocycles. The summed E-state index contributed by atoms with van der Waals surface area (Å²) in [7, 11) is -3.09. The monoisotopic (exact) mass is 358 g/mol. The highest BCUT2D eigenvalue weighted by Crippen LogP contribution is 2.23. The van der Waals surface area contributed by atoms with Gasteiger partial charge in [0.15, 0.2) is 9.84 Å². The van der Waals surface area contributed by atoms with Crippen LogP contribution >= 0.6 is 0 Å². The number of carbonyl (C=O) groups is 1. The standard InChI is InChI=1S/C14H22N4O5S/c1-4-6-16(12-5-7-24(22,23)9-12)13(19)8-17-11(3)14(18(20)21)10(2)15-17/h12H,4-9H2,1-3H3. The van der Waals surface area contributed by atoms with Crippen LogP contribution in [0.5, 0.6) is 0 Å². The third-order valence-electron chi connectivity index (χ3n) is 4.24. The highest BCUT2D eigenvalue weighted by Gasteiger charge is 2.34. The maximum Gasteiger partial charge on any atom is 0.312 e. The van der Waals surface area contributed by atoms with Crippen molar-refractivity contribution in [3.63, 3.8) is 0 Å². The number of carbonyl (C=O) groups excluding carboxylic acids is 1. The lowest BCUT2D eigenvalue weighted by Crippen LogP contribution is -2.43. The predicted octanol–water partition coefficient (Wildman–Crippen LogP) is 0.834. The number of nitro groups is 1. The Bertz CT molecular complexity index is 755. The normalized spacial score (nSPS) is 19.4. The minimum Gasteiger partial charge on any atom is -0.337 e. The maximum atomic E-state index is 12.6. The van der Waals surface area contributed by atoms with Gasteiger partial charge in [0.2, 0.25) is 5.91 Å². The molecule has 1 aromatic heterocycles. The van der Waals surface area contributed by atoms with Gasteiger partial charge in [-0.25, -0.2) is 8.42 Å². The largest absolute Gasteiger partial charge is 0.337 e. The molecule has 2 heterocycles. The number of rotatable bonds is 6. The summed E-state index contributed by atoms with van der Waals surface area (Å²) < 4.78 is 24.7. The molecule has 1 fully saturated rings. The summed E-state index contributed by atoms with van der Waals surface area (Å²) in [4.78, 5) is 24.8. The van der Waals surface area contributed by atoms with Crippen molar-refractivity contribution in [3.8, 4) is 0 Å². The van der Waals surface area contributed by atoms with Crippen LogP contribution in [0.25, 0.3) is 0 Å². The number of hydrogen-bond acceptors (Lipinski definition) is 6. The molecule has 134 valence electrons. The van der Waals surface area contributed by atoms with E-state index in [1.165, 1.54) is 11.6 Å². The molecule has 24 heavy (non-hydrogen) atoms. The molecule has 1 aliphatic rings. The number of aromatic nitrogens is 2. The van der Waals surface area contributed by atoms with Gasteiger partial charge in [-0.15, -0.1) is 0 Å². The highest BCUT2D eigenvalue weighted by atomic mass is 32.2. The molecule has 0 bridgehead atoms. The summed E-state index contributed by atoms with van der Waals surface area (Å²) >= 11 is 0. The summed E-state index contributed by atoms with van der Waals surface area (Å²) in [6, 6.07) is -0.325. The lowest BCUT2D eigenvalue weighted by Gasteiger charge is -2.28. The second-order valence-corrected chi connectivity index (χ2v) is 8.31. The highest BCUT2D eigenvalue weighted by molar-refractivity contribution is 7.91. The average Bonchev–Trinajstić information content (AvgIpc) is 2.95. The van der Waals surface area contributed by atoms with E-state index in [9.17, 15) is 23.3 Å². The SMILES string of the molecule is CCCN(C(=O)Cn1nc(C)c([N+](=O)[O-])c1C)C1CCS(=O)(=O)C1. The summed E-state index contributed by atoms with van der Waals surface area (Å²) in [6.45, 7) is 5.32. The third kappa shape index (κ3) is 3.74. The van der Waals surface area contributed by atoms with Crippen LogP contribution in [0.1, 0.15) is 31.2 Å². The number of nitrogens with zero attached hydrogens (tertiary/aromatic N) is 4. The van der Waals surface area contributed by atoms with Crippen LogP contribution in [-0.4, -0.2) is 58.0 Å². The van der Waals surface area contributed by atoms with Gasteiger partial charge in [-0.1, -0.05) is 6.92 Å². The Morgan fingerprint density at radius 2 is 2.12 bits per heavy atom. The molecule has 1 aromatic rings. The summed E-state index contributed by atoms with van der Waals surface area (Å²) in [5.41, 5.74) is 0.491. The maximum absolute atomic E-state index is 12.6. The van der Waals surface area contributed by atoms with E-state index in [1.54, 1.807) is 11.8 Å². The van der Waals surface area contributed by atoms with Crippen molar-refractivity contribution >= 4 is 21.4 Å². The first-order chi connectivity index (χ1) is 11.2. The summed E-state index contributed by atoms with van der Waals surface area (Å²) in [5.74, 6) is -0.188. The van der Waals surface area contributed by atoms with Crippen molar-refractivity contribution in [2.45, 2.75) is 46.2 Å². The number of hydrogen-bond donors (Lipinski definition) is 0. The minimum absolute atomic E-state index is 0.0179. The second kappa shape index (κ2) is 6.88. The van der Waals surface area contributed by atoms with Crippen molar-refractivity contribution < 1.29 is 18.1 Å². The molecule has 0 radical (unpaired) electrons. The fraction of sp³-hybridized carbons (Fsp3) is 0.714. The van der Waals surface area contributed by atoms with E-state index in [4.69, 9.17) is 0 Å². The van der Waals surface area contributed by atoms with Crippen LogP contribution in [0, 0.1) is 24.0 Å². The Kier molecular flexibility index (Phi) is 5.26. The Labute approximate surface area is 140 Å². The van der Waals surface area contributed by atoms with Crippen LogP contribution < -0.4 is 0 Å². The lowest BCUT2D eigenvalue weighted by molar-refractivity contribution is -0.386. The van der Waals surface area contributed by atoms with Gasteiger partial charge in [-0.2, -0.15) is 5.10 Å². The van der Waals surface area contributed by atoms with Crippen molar-refractivity contribution in [1.29, 1.82) is 0 Å². The van der Waals surface area contributed by atoms with E-state index < -0.39 is 14.8 Å². The van der Waals surface area contributed by atoms with Crippen molar-refractivity contribution in [2.75, 3.05) is 18.1 Å². The first-order valence-corrected chi connectivity index (χ1v) is 9.66. The van der Waals surface area contributed by atoms with Crippen LogP contribution in [0.2, 0.25) is 0 Å². The van der Waals surface area contributed by atoms with E-state index in [-0.39, 0.29) is 41.4 Å². The predicted molar refractivity (Wildman–Crippen MR) is 87.4 cm³/mol. The molecule has 1 unspecified atom stereocenters. The van der Waals surface area contributed by atoms with Gasteiger partial charge in [0.05, 0.1) is 16.4 Å². The molecule has 0 N–H and O–H groups in total. The second-order valence-electron chi connectivity index (χ2n) is 6.08. The van der Waals surface area contributed by atoms with Gasteiger partial charge in [-0.3, -0.25) is 19.6 Å². The average molecular weight is 358 g/mol. The third-order valence-corrected chi connectivity index (χ3v) is 6.00. The van der Waals surface area contributed by atoms with Crippen LogP contribution in [0.4, 0.5) is 5.69 Å². The van der Waals surface area contributed by atoms with Gasteiger partial charge in [0.25, 0.3) is 0 Å². The molecule has 2 rings (SSSR count). The molecule has 1 atom stereocenters. The summed E-state index contributed by atoms with van der Waals surface area (Å²) in [6.07, 6.45) is 1.14. The van der Waals surface area contributed by atoms with Crippen LogP contribution in [-0.2, 0) is 21.2 Å². The number of aryl methyl sites for hydroxylation is 1. The molecule has 0 aliphatic carbocycles. The number of amides is 1. The molecule has 0 spiro atoms. The quantitative estimate of drug-likeness (QED) is 0.549. The molecular weight excluding hydrogens is 336 g/mol. The van der Waals surface area contributed by atoms with E-state index in [2.05, 4.69) is 5.10 Å². The van der Waals surface area contributed by atoms with E-state index in [1.807, 2.05) is 6.92 Å². The molecule has 1 saturated heterocycles. The molecule has 1 aliphatic heterocycles. The number of sulfone groups is 1. The Balaban J connectivity index is 2.20. The van der Waals surface area contributed by atoms with Crippen LogP contribution in [0.3, 0.4) is 0 Å². The van der Waals surface area contributed by atoms with Crippen molar-refractivity contribution in [3.05, 3.63) is 21.5 Å². The summed E-state index contributed by atoms with van der Waals surface area (Å²) in [5, 5.41) is 15.1. The van der Waals surface area contributed by atoms with E-state index in [0.717, 1.165) is 0 Å². The Hall–Kier alpha value is -1.97. The van der Waals surface area contributed by atoms with Crippen molar-refractivity contribution in [2.24, 2.45) is 0 Å². The van der Waals surface area contributed by atoms with Gasteiger partial charge < -0.3 is 4.90 Å². The molecular formula is C14H22N4O5S. The van der Waals surface area contributed by atoms with Crippen LogP contribution in [0.15, 0.2) is 0 Å². The zero-order chi connectivity index (χ0) is 18.1. The topological polar surface area (TPSA) is 115 Å². The first kappa shape index (κ1) is 18.4. The molecule has 1 amide bonds. The molecule has 9 nitrogen and oxygen atoms in total. The Morgan fingerprint density at radius 3 is 2.58 bits per heavy atom. The zero-order valence-electron chi connectivity index (χ0n) is 14.1. The fourth-order valence-corrected chi connectivity index (χ4v) is 4.83. The molecule has 0 aromatic carbocycles. The first-order valence-electron chi connectivity index (χ1n) is 7.84. The fourth-order valence-electron chi connectivity index (χ4n) is 3.10. The Morgan fingerprint density at radius 1 is 1.46 bits per heavy atom. The van der Waals surface area contributed by atoms with Gasteiger partial charge >= 0.3 is 5.69 Å². The van der Waals surface area contributed by atoms with Crippen molar-refractivity contribution in [1.82, 2.24) is 14.7 Å². The zero-order valence-corrected chi connectivity index (χ0v) is 14.9. The molecule has 10 heteroatoms. The van der Waals surface area contributed by atoms with E-state index in [0.29, 0.717) is 25.1 Å². The van der Waals surface area contributed by atoms with E-state index >= 15 is 0 Å². The van der Waals surface area contributed by atoms with Gasteiger partial charge in [0.1, 0.15) is 17.9 Å².